The summed E-state index contributed by atoms with van der Waals surface area (Å²) in [5.74, 6) is 1.22. The number of benzene rings is 2. The Kier molecular flexibility index (Phi) is 5.26. The largest absolute Gasteiger partial charge is 0.494 e. The second-order valence-electron chi connectivity index (χ2n) is 4.28. The molecule has 0 aliphatic rings. The Morgan fingerprint density at radius 2 is 1.67 bits per heavy atom. The molecule has 2 aromatic carbocycles. The number of para-hydroxylation sites is 2. The molecule has 0 fully saturated rings. The second-order valence-corrected chi connectivity index (χ2v) is 4.28. The third kappa shape index (κ3) is 4.02. The first-order valence-electron chi connectivity index (χ1n) is 6.58. The first-order valence-corrected chi connectivity index (χ1v) is 6.58. The van der Waals surface area contributed by atoms with Crippen LogP contribution in [0.5, 0.6) is 17.2 Å². The van der Waals surface area contributed by atoms with Gasteiger partial charge in [-0.15, -0.1) is 0 Å². The molecule has 2 aromatic rings. The number of ether oxygens (including phenoxy) is 3. The molecule has 2 rings (SSSR count). The molecule has 0 aliphatic heterocycles. The molecule has 0 atom stereocenters. The molecule has 21 heavy (non-hydrogen) atoms. The van der Waals surface area contributed by atoms with Crippen molar-refractivity contribution in [1.82, 2.24) is 0 Å². The van der Waals surface area contributed by atoms with Gasteiger partial charge in [0, 0.05) is 18.3 Å². The number of nitrogens with one attached hydrogen (secondary N) is 1. The fraction of sp³-hybridized carbons (Fsp3) is 0.250. The van der Waals surface area contributed by atoms with Gasteiger partial charge in [-0.1, -0.05) is 12.1 Å². The lowest BCUT2D eigenvalue weighted by Gasteiger charge is -2.12. The van der Waals surface area contributed by atoms with Crippen LogP contribution in [0.25, 0.3) is 0 Å². The lowest BCUT2D eigenvalue weighted by molar-refractivity contribution is 0.306. The van der Waals surface area contributed by atoms with Gasteiger partial charge in [0.1, 0.15) is 6.61 Å². The third-order valence-electron chi connectivity index (χ3n) is 2.91. The van der Waals surface area contributed by atoms with Crippen molar-refractivity contribution >= 4 is 5.69 Å². The van der Waals surface area contributed by atoms with Crippen LogP contribution in [0.15, 0.2) is 42.5 Å². The van der Waals surface area contributed by atoms with Crippen LogP contribution < -0.4 is 19.5 Å². The topological polar surface area (TPSA) is 39.7 Å². The Bertz CT molecular complexity index is 589. The number of anilines is 1. The van der Waals surface area contributed by atoms with Crippen molar-refractivity contribution in [2.45, 2.75) is 0 Å². The molecule has 0 amide bonds. The highest BCUT2D eigenvalue weighted by atomic mass is 19.1. The van der Waals surface area contributed by atoms with E-state index < -0.39 is 0 Å². The van der Waals surface area contributed by atoms with E-state index in [0.717, 1.165) is 5.69 Å². The normalized spacial score (nSPS) is 10.0. The summed E-state index contributed by atoms with van der Waals surface area (Å²) in [5.41, 5.74) is 0.775. The average Bonchev–Trinajstić information content (AvgIpc) is 2.53. The van der Waals surface area contributed by atoms with E-state index in [1.807, 2.05) is 24.3 Å². The highest BCUT2D eigenvalue weighted by Gasteiger charge is 2.04. The van der Waals surface area contributed by atoms with Crippen LogP contribution in [0.3, 0.4) is 0 Å². The van der Waals surface area contributed by atoms with Gasteiger partial charge >= 0.3 is 0 Å². The van der Waals surface area contributed by atoms with E-state index in [1.165, 1.54) is 13.2 Å². The predicted octanol–water partition coefficient (Wildman–Crippen LogP) is 3.33. The fourth-order valence-corrected chi connectivity index (χ4v) is 1.86. The zero-order valence-electron chi connectivity index (χ0n) is 12.1. The van der Waals surface area contributed by atoms with Crippen LogP contribution in [0.2, 0.25) is 0 Å². The van der Waals surface area contributed by atoms with E-state index in [-0.39, 0.29) is 11.6 Å². The van der Waals surface area contributed by atoms with Crippen molar-refractivity contribution in [2.75, 3.05) is 32.7 Å². The van der Waals surface area contributed by atoms with Gasteiger partial charge in [0.2, 0.25) is 0 Å². The summed E-state index contributed by atoms with van der Waals surface area (Å²) in [5, 5.41) is 3.14. The van der Waals surface area contributed by atoms with Crippen LogP contribution in [0, 0.1) is 5.82 Å². The van der Waals surface area contributed by atoms with E-state index in [9.17, 15) is 4.39 Å². The average molecular weight is 291 g/mol. The maximum Gasteiger partial charge on any atom is 0.165 e. The first-order chi connectivity index (χ1) is 10.2. The standard InChI is InChI=1S/C16H18FNO3/c1-19-14-5-3-4-6-15(14)21-10-9-18-12-7-8-13(17)16(11-12)20-2/h3-8,11,18H,9-10H2,1-2H3. The van der Waals surface area contributed by atoms with Crippen LogP contribution >= 0.6 is 0 Å². The number of hydrogen-bond acceptors (Lipinski definition) is 4. The number of methoxy groups -OCH3 is 2. The van der Waals surface area contributed by atoms with E-state index in [0.29, 0.717) is 24.7 Å². The molecule has 1 N–H and O–H groups in total. The summed E-state index contributed by atoms with van der Waals surface area (Å²) < 4.78 is 29.0. The van der Waals surface area contributed by atoms with Crippen LogP contribution in [-0.4, -0.2) is 27.4 Å². The van der Waals surface area contributed by atoms with E-state index in [2.05, 4.69) is 5.32 Å². The maximum absolute atomic E-state index is 13.3. The molecule has 4 nitrogen and oxygen atoms in total. The molecule has 112 valence electrons. The van der Waals surface area contributed by atoms with Gasteiger partial charge in [-0.3, -0.25) is 0 Å². The Morgan fingerprint density at radius 3 is 2.38 bits per heavy atom. The Morgan fingerprint density at radius 1 is 0.952 bits per heavy atom. The molecule has 0 saturated heterocycles. The van der Waals surface area contributed by atoms with Gasteiger partial charge in [0.25, 0.3) is 0 Å². The molecule has 0 unspecified atom stereocenters. The number of rotatable bonds is 7. The second kappa shape index (κ2) is 7.38. The first kappa shape index (κ1) is 15.0. The lowest BCUT2D eigenvalue weighted by Crippen LogP contribution is -2.12. The van der Waals surface area contributed by atoms with Gasteiger partial charge in [-0.25, -0.2) is 4.39 Å². The Hall–Kier alpha value is -2.43. The fourth-order valence-electron chi connectivity index (χ4n) is 1.86. The zero-order valence-corrected chi connectivity index (χ0v) is 12.1. The number of halogens is 1. The van der Waals surface area contributed by atoms with Crippen LogP contribution in [0.4, 0.5) is 10.1 Å². The minimum atomic E-state index is -0.381. The molecule has 0 aliphatic carbocycles. The molecule has 0 radical (unpaired) electrons. The van der Waals surface area contributed by atoms with Gasteiger partial charge in [0.15, 0.2) is 23.1 Å². The van der Waals surface area contributed by atoms with Crippen LogP contribution in [-0.2, 0) is 0 Å². The monoisotopic (exact) mass is 291 g/mol. The van der Waals surface area contributed by atoms with Crippen molar-refractivity contribution in [2.24, 2.45) is 0 Å². The highest BCUT2D eigenvalue weighted by molar-refractivity contribution is 5.48. The summed E-state index contributed by atoms with van der Waals surface area (Å²) in [7, 11) is 3.04. The summed E-state index contributed by atoms with van der Waals surface area (Å²) in [6, 6.07) is 12.1. The van der Waals surface area contributed by atoms with Crippen molar-refractivity contribution in [3.8, 4) is 17.2 Å². The van der Waals surface area contributed by atoms with Crippen LogP contribution in [0.1, 0.15) is 0 Å². The van der Waals surface area contributed by atoms with Gasteiger partial charge in [-0.05, 0) is 24.3 Å². The van der Waals surface area contributed by atoms with Crippen molar-refractivity contribution in [1.29, 1.82) is 0 Å². The Labute approximate surface area is 123 Å². The smallest absolute Gasteiger partial charge is 0.165 e. The lowest BCUT2D eigenvalue weighted by atomic mass is 10.3. The third-order valence-corrected chi connectivity index (χ3v) is 2.91. The summed E-state index contributed by atoms with van der Waals surface area (Å²) in [6.07, 6.45) is 0. The molecule has 0 heterocycles. The minimum Gasteiger partial charge on any atom is -0.494 e. The summed E-state index contributed by atoms with van der Waals surface area (Å²) in [6.45, 7) is 1.03. The number of hydrogen-bond donors (Lipinski definition) is 1. The van der Waals surface area contributed by atoms with E-state index >= 15 is 0 Å². The predicted molar refractivity (Wildman–Crippen MR) is 79.9 cm³/mol. The zero-order chi connectivity index (χ0) is 15.1. The summed E-state index contributed by atoms with van der Waals surface area (Å²) >= 11 is 0. The SMILES string of the molecule is COc1cc(NCCOc2ccccc2OC)ccc1F. The Balaban J connectivity index is 1.84. The molecule has 0 bridgehead atoms. The quantitative estimate of drug-likeness (QED) is 0.794. The molecule has 0 saturated carbocycles. The minimum absolute atomic E-state index is 0.214. The summed E-state index contributed by atoms with van der Waals surface area (Å²) in [4.78, 5) is 0. The highest BCUT2D eigenvalue weighted by Crippen LogP contribution is 2.25. The molecular formula is C16H18FNO3. The van der Waals surface area contributed by atoms with Crippen molar-refractivity contribution in [3.63, 3.8) is 0 Å². The van der Waals surface area contributed by atoms with Crippen molar-refractivity contribution in [3.05, 3.63) is 48.3 Å². The van der Waals surface area contributed by atoms with Gasteiger partial charge in [-0.2, -0.15) is 0 Å². The van der Waals surface area contributed by atoms with Gasteiger partial charge < -0.3 is 19.5 Å². The molecule has 5 heteroatoms. The van der Waals surface area contributed by atoms with Crippen molar-refractivity contribution < 1.29 is 18.6 Å². The van der Waals surface area contributed by atoms with E-state index in [1.54, 1.807) is 19.2 Å². The van der Waals surface area contributed by atoms with Gasteiger partial charge in [0.05, 0.1) is 14.2 Å². The maximum atomic E-state index is 13.3. The van der Waals surface area contributed by atoms with E-state index in [4.69, 9.17) is 14.2 Å². The molecular weight excluding hydrogens is 273 g/mol. The molecule has 0 aromatic heterocycles. The molecule has 0 spiro atoms.